The van der Waals surface area contributed by atoms with Gasteiger partial charge in [0.1, 0.15) is 35.0 Å². The highest BCUT2D eigenvalue weighted by Crippen LogP contribution is 2.32. The second-order valence-corrected chi connectivity index (χ2v) is 10.7. The molecule has 0 aliphatic carbocycles. The number of aromatic nitrogens is 4. The Balaban J connectivity index is 1.26. The number of carbonyl (C=O) groups is 1. The van der Waals surface area contributed by atoms with Gasteiger partial charge in [-0.25, -0.2) is 14.8 Å². The van der Waals surface area contributed by atoms with Crippen molar-refractivity contribution in [3.05, 3.63) is 83.1 Å². The van der Waals surface area contributed by atoms with E-state index in [4.69, 9.17) is 15.2 Å². The van der Waals surface area contributed by atoms with Crippen LogP contribution in [0.2, 0.25) is 0 Å². The summed E-state index contributed by atoms with van der Waals surface area (Å²) in [5, 5.41) is 9.63. The Bertz CT molecular complexity index is 1720. The van der Waals surface area contributed by atoms with Gasteiger partial charge in [0.25, 0.3) is 5.91 Å². The molecule has 2 fully saturated rings. The number of para-hydroxylation sites is 1. The second-order valence-electron chi connectivity index (χ2n) is 10.7. The van der Waals surface area contributed by atoms with E-state index in [0.29, 0.717) is 67.5 Å². The minimum Gasteiger partial charge on any atom is -0.457 e. The number of imidazole rings is 1. The van der Waals surface area contributed by atoms with Gasteiger partial charge >= 0.3 is 5.69 Å². The van der Waals surface area contributed by atoms with E-state index < -0.39 is 0 Å². The number of likely N-dealkylation sites (tertiary alicyclic amines) is 1. The first-order valence-corrected chi connectivity index (χ1v) is 13.4. The van der Waals surface area contributed by atoms with Gasteiger partial charge in [0.05, 0.1) is 18.9 Å². The van der Waals surface area contributed by atoms with Crippen LogP contribution in [0.1, 0.15) is 25.8 Å². The summed E-state index contributed by atoms with van der Waals surface area (Å²) in [7, 11) is 0. The third-order valence-electron chi connectivity index (χ3n) is 7.58. The van der Waals surface area contributed by atoms with E-state index in [0.717, 1.165) is 0 Å². The number of nitrogens with two attached hydrogens (primary N) is 1. The molecule has 11 heteroatoms. The lowest BCUT2D eigenvalue weighted by molar-refractivity contribution is -0.128. The van der Waals surface area contributed by atoms with E-state index in [1.54, 1.807) is 39.8 Å². The molecular formula is C30H29N7O4. The third kappa shape index (κ3) is 4.94. The van der Waals surface area contributed by atoms with Crippen LogP contribution in [0.15, 0.2) is 77.4 Å². The first-order chi connectivity index (χ1) is 19.9. The number of nitrogen functional groups attached to an aromatic ring is 1. The highest BCUT2D eigenvalue weighted by atomic mass is 16.5. The van der Waals surface area contributed by atoms with Crippen molar-refractivity contribution in [3.63, 3.8) is 0 Å². The molecule has 2 saturated heterocycles. The van der Waals surface area contributed by atoms with Gasteiger partial charge in [-0.15, -0.1) is 0 Å². The van der Waals surface area contributed by atoms with Gasteiger partial charge in [0.2, 0.25) is 0 Å². The van der Waals surface area contributed by atoms with Gasteiger partial charge < -0.3 is 20.1 Å². The van der Waals surface area contributed by atoms with Crippen LogP contribution in [0, 0.1) is 16.7 Å². The molecule has 2 aromatic carbocycles. The lowest BCUT2D eigenvalue weighted by atomic mass is 9.86. The van der Waals surface area contributed by atoms with Crippen LogP contribution in [-0.2, 0) is 9.53 Å². The molecule has 6 rings (SSSR count). The molecule has 2 N–H and O–H groups in total. The number of fused-ring (bicyclic) bond motifs is 1. The second kappa shape index (κ2) is 10.6. The Kier molecular flexibility index (Phi) is 6.77. The summed E-state index contributed by atoms with van der Waals surface area (Å²) in [5.74, 6) is 1.24. The van der Waals surface area contributed by atoms with Gasteiger partial charge in [-0.3, -0.25) is 13.9 Å². The minimum absolute atomic E-state index is 0.128. The van der Waals surface area contributed by atoms with Crippen molar-refractivity contribution in [2.24, 2.45) is 5.41 Å². The number of hydrogen-bond acceptors (Lipinski definition) is 8. The fraction of sp³-hybridized carbons (Fsp3) is 0.300. The minimum atomic E-state index is -0.293. The van der Waals surface area contributed by atoms with Gasteiger partial charge in [0.15, 0.2) is 11.5 Å². The largest absolute Gasteiger partial charge is 0.457 e. The van der Waals surface area contributed by atoms with E-state index in [-0.39, 0.29) is 34.4 Å². The number of rotatable bonds is 6. The molecule has 41 heavy (non-hydrogen) atoms. The summed E-state index contributed by atoms with van der Waals surface area (Å²) in [6.45, 7) is 3.76. The predicted molar refractivity (Wildman–Crippen MR) is 152 cm³/mol. The lowest BCUT2D eigenvalue weighted by Gasteiger charge is -2.36. The molecular weight excluding hydrogens is 522 g/mol. The lowest BCUT2D eigenvalue weighted by Crippen LogP contribution is -2.43. The van der Waals surface area contributed by atoms with Crippen LogP contribution in [0.5, 0.6) is 11.5 Å². The van der Waals surface area contributed by atoms with Gasteiger partial charge in [-0.1, -0.05) is 31.2 Å². The summed E-state index contributed by atoms with van der Waals surface area (Å²) in [4.78, 5) is 37.3. The van der Waals surface area contributed by atoms with Gasteiger partial charge in [-0.2, -0.15) is 5.26 Å². The number of carbonyl (C=O) groups excluding carboxylic acids is 1. The molecule has 0 bridgehead atoms. The van der Waals surface area contributed by atoms with Crippen LogP contribution >= 0.6 is 0 Å². The third-order valence-corrected chi connectivity index (χ3v) is 7.58. The van der Waals surface area contributed by atoms with Gasteiger partial charge in [0, 0.05) is 24.5 Å². The summed E-state index contributed by atoms with van der Waals surface area (Å²) in [5.41, 5.74) is 7.28. The normalized spacial score (nSPS) is 17.2. The van der Waals surface area contributed by atoms with E-state index >= 15 is 0 Å². The van der Waals surface area contributed by atoms with Crippen molar-refractivity contribution in [1.82, 2.24) is 24.0 Å². The maximum absolute atomic E-state index is 13.9. The van der Waals surface area contributed by atoms with Crippen molar-refractivity contribution in [1.29, 1.82) is 5.26 Å². The molecule has 1 amide bonds. The average Bonchev–Trinajstić information content (AvgIpc) is 3.28. The van der Waals surface area contributed by atoms with Crippen LogP contribution < -0.4 is 16.2 Å². The summed E-state index contributed by atoms with van der Waals surface area (Å²) in [6.07, 6.45) is 4.12. The molecule has 208 valence electrons. The first kappa shape index (κ1) is 26.3. The van der Waals surface area contributed by atoms with Crippen molar-refractivity contribution < 1.29 is 14.3 Å². The molecule has 0 unspecified atom stereocenters. The number of hydrogen-bond donors (Lipinski definition) is 1. The Morgan fingerprint density at radius 1 is 1.10 bits per heavy atom. The Morgan fingerprint density at radius 2 is 1.78 bits per heavy atom. The highest BCUT2D eigenvalue weighted by Gasteiger charge is 2.35. The molecule has 4 heterocycles. The molecule has 2 aromatic heterocycles. The molecule has 4 aromatic rings. The molecule has 2 aliphatic heterocycles. The zero-order chi connectivity index (χ0) is 28.6. The average molecular weight is 552 g/mol. The topological polar surface area (TPSA) is 141 Å². The predicted octanol–water partition coefficient (Wildman–Crippen LogP) is 3.61. The van der Waals surface area contributed by atoms with Crippen LogP contribution in [-0.4, -0.2) is 56.2 Å². The highest BCUT2D eigenvalue weighted by molar-refractivity contribution is 5.97. The zero-order valence-corrected chi connectivity index (χ0v) is 22.6. The quantitative estimate of drug-likeness (QED) is 0.283. The number of nitrogens with zero attached hydrogens (tertiary/aromatic N) is 6. The SMILES string of the molecule is CC1(C=C(C#N)C(=O)N2CCC(n3c(=O)n(-c4ccc(Oc5ccccc5)cc4)c4c(N)ncnc43)CC2)COC1. The molecule has 0 atom stereocenters. The Morgan fingerprint density at radius 3 is 2.41 bits per heavy atom. The van der Waals surface area contributed by atoms with E-state index in [9.17, 15) is 14.9 Å². The smallest absolute Gasteiger partial charge is 0.335 e. The summed E-state index contributed by atoms with van der Waals surface area (Å²) < 4.78 is 14.3. The number of ether oxygens (including phenoxy) is 2. The Labute approximate surface area is 236 Å². The summed E-state index contributed by atoms with van der Waals surface area (Å²) in [6, 6.07) is 18.4. The van der Waals surface area contributed by atoms with Crippen LogP contribution in [0.4, 0.5) is 5.82 Å². The maximum atomic E-state index is 13.9. The zero-order valence-electron chi connectivity index (χ0n) is 22.6. The van der Waals surface area contributed by atoms with E-state index in [1.165, 1.54) is 10.9 Å². The van der Waals surface area contributed by atoms with Crippen LogP contribution in [0.3, 0.4) is 0 Å². The molecule has 0 saturated carbocycles. The maximum Gasteiger partial charge on any atom is 0.335 e. The number of amides is 1. The van der Waals surface area contributed by atoms with Crippen molar-refractivity contribution in [3.8, 4) is 23.3 Å². The summed E-state index contributed by atoms with van der Waals surface area (Å²) >= 11 is 0. The van der Waals surface area contributed by atoms with Crippen molar-refractivity contribution in [2.75, 3.05) is 32.0 Å². The fourth-order valence-corrected chi connectivity index (χ4v) is 5.42. The van der Waals surface area contributed by atoms with Gasteiger partial charge in [-0.05, 0) is 49.2 Å². The molecule has 0 spiro atoms. The first-order valence-electron chi connectivity index (χ1n) is 13.4. The Hall–Kier alpha value is -4.95. The number of benzene rings is 2. The van der Waals surface area contributed by atoms with Crippen molar-refractivity contribution >= 4 is 22.9 Å². The van der Waals surface area contributed by atoms with Crippen LogP contribution in [0.25, 0.3) is 16.9 Å². The number of anilines is 1. The molecule has 11 nitrogen and oxygen atoms in total. The monoisotopic (exact) mass is 551 g/mol. The van der Waals surface area contributed by atoms with E-state index in [1.807, 2.05) is 37.3 Å². The number of nitriles is 1. The number of piperidine rings is 1. The molecule has 0 radical (unpaired) electrons. The standard InChI is InChI=1S/C30H29N7O4/c1-30(17-40-18-30)15-20(16-31)28(38)35-13-11-22(12-14-35)37-27-25(26(32)33-19-34-27)36(29(37)39)21-7-9-24(10-8-21)41-23-5-3-2-4-6-23/h2-10,15,19,22H,11-14,17-18H2,1H3,(H2,32,33,34). The van der Waals surface area contributed by atoms with Crippen molar-refractivity contribution in [2.45, 2.75) is 25.8 Å². The van der Waals surface area contributed by atoms with E-state index in [2.05, 4.69) is 16.0 Å². The molecule has 2 aliphatic rings. The fourth-order valence-electron chi connectivity index (χ4n) is 5.42.